The van der Waals surface area contributed by atoms with Crippen LogP contribution in [-0.4, -0.2) is 29.0 Å². The number of rotatable bonds is 5. The van der Waals surface area contributed by atoms with Crippen molar-refractivity contribution in [3.63, 3.8) is 0 Å². The van der Waals surface area contributed by atoms with Crippen LogP contribution in [-0.2, 0) is 20.1 Å². The van der Waals surface area contributed by atoms with Crippen LogP contribution in [0.5, 0.6) is 0 Å². The summed E-state index contributed by atoms with van der Waals surface area (Å²) in [5, 5.41) is 3.35. The minimum Gasteiger partial charge on any atom is -0.357 e. The Labute approximate surface area is 138 Å². The molecule has 4 nitrogen and oxygen atoms in total. The molecule has 2 aromatic heterocycles. The number of thiophene rings is 1. The van der Waals surface area contributed by atoms with Gasteiger partial charge in [-0.2, -0.15) is 0 Å². The van der Waals surface area contributed by atoms with E-state index in [2.05, 4.69) is 82.2 Å². The predicted molar refractivity (Wildman–Crippen MR) is 93.7 cm³/mol. The SMILES string of the molecule is CCNC(=NCc1ccc(Br)s1)N(C)Cc1cccn1C. The molecule has 2 aromatic rings. The molecule has 0 bridgehead atoms. The van der Waals surface area contributed by atoms with Crippen molar-refractivity contribution in [1.29, 1.82) is 0 Å². The fourth-order valence-electron chi connectivity index (χ4n) is 2.04. The molecule has 114 valence electrons. The Hall–Kier alpha value is -1.27. The molecule has 1 N–H and O–H groups in total. The first-order valence-electron chi connectivity index (χ1n) is 6.94. The van der Waals surface area contributed by atoms with Crippen molar-refractivity contribution in [1.82, 2.24) is 14.8 Å². The van der Waals surface area contributed by atoms with Gasteiger partial charge in [0, 0.05) is 37.4 Å². The van der Waals surface area contributed by atoms with E-state index < -0.39 is 0 Å². The fourth-order valence-corrected chi connectivity index (χ4v) is 3.45. The van der Waals surface area contributed by atoms with Crippen LogP contribution in [0.4, 0.5) is 0 Å². The predicted octanol–water partition coefficient (Wildman–Crippen LogP) is 3.45. The highest BCUT2D eigenvalue weighted by Gasteiger charge is 2.08. The summed E-state index contributed by atoms with van der Waals surface area (Å²) in [6.45, 7) is 4.50. The topological polar surface area (TPSA) is 32.6 Å². The monoisotopic (exact) mass is 368 g/mol. The second-order valence-corrected chi connectivity index (χ2v) is 7.39. The number of aliphatic imine (C=N–C) groups is 1. The second-order valence-electron chi connectivity index (χ2n) is 4.84. The Morgan fingerprint density at radius 1 is 1.43 bits per heavy atom. The van der Waals surface area contributed by atoms with Crippen LogP contribution < -0.4 is 5.32 Å². The van der Waals surface area contributed by atoms with Crippen LogP contribution in [0.25, 0.3) is 0 Å². The van der Waals surface area contributed by atoms with Gasteiger partial charge in [-0.1, -0.05) is 0 Å². The van der Waals surface area contributed by atoms with Gasteiger partial charge in [0.2, 0.25) is 0 Å². The van der Waals surface area contributed by atoms with Crippen molar-refractivity contribution < 1.29 is 0 Å². The summed E-state index contributed by atoms with van der Waals surface area (Å²) in [4.78, 5) is 8.13. The number of aromatic nitrogens is 1. The summed E-state index contributed by atoms with van der Waals surface area (Å²) in [6, 6.07) is 8.38. The number of hydrogen-bond acceptors (Lipinski definition) is 2. The number of hydrogen-bond donors (Lipinski definition) is 1. The molecule has 0 aliphatic rings. The summed E-state index contributed by atoms with van der Waals surface area (Å²) in [6.07, 6.45) is 2.07. The molecule has 0 saturated heterocycles. The van der Waals surface area contributed by atoms with Gasteiger partial charge in [-0.15, -0.1) is 11.3 Å². The highest BCUT2D eigenvalue weighted by atomic mass is 79.9. The van der Waals surface area contributed by atoms with Crippen molar-refractivity contribution in [3.05, 3.63) is 44.8 Å². The first-order valence-corrected chi connectivity index (χ1v) is 8.55. The van der Waals surface area contributed by atoms with E-state index in [1.165, 1.54) is 10.6 Å². The van der Waals surface area contributed by atoms with E-state index in [-0.39, 0.29) is 0 Å². The minimum absolute atomic E-state index is 0.704. The average molecular weight is 369 g/mol. The third-order valence-electron chi connectivity index (χ3n) is 3.16. The number of nitrogens with zero attached hydrogens (tertiary/aromatic N) is 3. The maximum absolute atomic E-state index is 4.72. The molecule has 6 heteroatoms. The van der Waals surface area contributed by atoms with Crippen molar-refractivity contribution >= 4 is 33.2 Å². The first-order chi connectivity index (χ1) is 10.1. The van der Waals surface area contributed by atoms with Crippen LogP contribution in [0.3, 0.4) is 0 Å². The van der Waals surface area contributed by atoms with Crippen molar-refractivity contribution in [2.75, 3.05) is 13.6 Å². The fraction of sp³-hybridized carbons (Fsp3) is 0.400. The van der Waals surface area contributed by atoms with E-state index in [4.69, 9.17) is 4.99 Å². The minimum atomic E-state index is 0.704. The van der Waals surface area contributed by atoms with Gasteiger partial charge in [0.05, 0.1) is 16.9 Å². The Morgan fingerprint density at radius 3 is 2.81 bits per heavy atom. The zero-order chi connectivity index (χ0) is 15.2. The first kappa shape index (κ1) is 16.1. The maximum Gasteiger partial charge on any atom is 0.194 e. The lowest BCUT2D eigenvalue weighted by Crippen LogP contribution is -2.38. The lowest BCUT2D eigenvalue weighted by atomic mass is 10.4. The Kier molecular flexibility index (Phi) is 5.87. The zero-order valence-corrected chi connectivity index (χ0v) is 15.0. The number of halogens is 1. The quantitative estimate of drug-likeness (QED) is 0.647. The lowest BCUT2D eigenvalue weighted by molar-refractivity contribution is 0.462. The Morgan fingerprint density at radius 2 is 2.24 bits per heavy atom. The Balaban J connectivity index is 2.04. The van der Waals surface area contributed by atoms with Gasteiger partial charge < -0.3 is 14.8 Å². The van der Waals surface area contributed by atoms with Gasteiger partial charge >= 0.3 is 0 Å². The number of nitrogens with one attached hydrogen (secondary N) is 1. The molecule has 0 amide bonds. The van der Waals surface area contributed by atoms with Gasteiger partial charge in [0.25, 0.3) is 0 Å². The molecule has 0 aliphatic heterocycles. The maximum atomic E-state index is 4.72. The lowest BCUT2D eigenvalue weighted by Gasteiger charge is -2.22. The number of guanidine groups is 1. The molecule has 0 fully saturated rings. The Bertz CT molecular complexity index is 602. The van der Waals surface area contributed by atoms with Crippen LogP contribution in [0.1, 0.15) is 17.5 Å². The smallest absolute Gasteiger partial charge is 0.194 e. The van der Waals surface area contributed by atoms with Crippen molar-refractivity contribution in [3.8, 4) is 0 Å². The third-order valence-corrected chi connectivity index (χ3v) is 4.77. The molecule has 2 rings (SSSR count). The van der Waals surface area contributed by atoms with E-state index in [9.17, 15) is 0 Å². The van der Waals surface area contributed by atoms with Gasteiger partial charge in [0.15, 0.2) is 5.96 Å². The second kappa shape index (κ2) is 7.66. The molecule has 0 aliphatic carbocycles. The molecule has 0 spiro atoms. The number of aryl methyl sites for hydroxylation is 1. The third kappa shape index (κ3) is 4.61. The molecule has 21 heavy (non-hydrogen) atoms. The van der Waals surface area contributed by atoms with Crippen LogP contribution in [0.15, 0.2) is 39.2 Å². The highest BCUT2D eigenvalue weighted by Crippen LogP contribution is 2.22. The average Bonchev–Trinajstić information content (AvgIpc) is 3.04. The summed E-state index contributed by atoms with van der Waals surface area (Å²) in [7, 11) is 4.13. The van der Waals surface area contributed by atoms with Gasteiger partial charge in [-0.05, 0) is 47.1 Å². The van der Waals surface area contributed by atoms with E-state index in [0.717, 1.165) is 22.8 Å². The molecular weight excluding hydrogens is 348 g/mol. The summed E-state index contributed by atoms with van der Waals surface area (Å²) in [5.74, 6) is 0.934. The standard InChI is InChI=1S/C15H21BrN4S/c1-4-17-15(18-10-13-7-8-14(16)21-13)20(3)11-12-6-5-9-19(12)2/h5-9H,4,10-11H2,1-3H3,(H,17,18). The molecule has 0 aromatic carbocycles. The summed E-state index contributed by atoms with van der Waals surface area (Å²) in [5.41, 5.74) is 1.27. The molecule has 0 unspecified atom stereocenters. The van der Waals surface area contributed by atoms with Crippen LogP contribution >= 0.6 is 27.3 Å². The van der Waals surface area contributed by atoms with Gasteiger partial charge in [0.1, 0.15) is 0 Å². The normalized spacial score (nSPS) is 11.7. The molecule has 2 heterocycles. The van der Waals surface area contributed by atoms with Crippen molar-refractivity contribution in [2.24, 2.45) is 12.0 Å². The summed E-state index contributed by atoms with van der Waals surface area (Å²) < 4.78 is 3.28. The highest BCUT2D eigenvalue weighted by molar-refractivity contribution is 9.11. The molecule has 0 atom stereocenters. The molecular formula is C15H21BrN4S. The van der Waals surface area contributed by atoms with E-state index in [1.807, 2.05) is 0 Å². The van der Waals surface area contributed by atoms with E-state index >= 15 is 0 Å². The van der Waals surface area contributed by atoms with Gasteiger partial charge in [-0.3, -0.25) is 0 Å². The zero-order valence-electron chi connectivity index (χ0n) is 12.6. The van der Waals surface area contributed by atoms with Crippen LogP contribution in [0.2, 0.25) is 0 Å². The molecule has 0 radical (unpaired) electrons. The van der Waals surface area contributed by atoms with E-state index in [0.29, 0.717) is 6.54 Å². The molecule has 0 saturated carbocycles. The van der Waals surface area contributed by atoms with E-state index in [1.54, 1.807) is 11.3 Å². The largest absolute Gasteiger partial charge is 0.357 e. The van der Waals surface area contributed by atoms with Gasteiger partial charge in [-0.25, -0.2) is 4.99 Å². The van der Waals surface area contributed by atoms with Crippen molar-refractivity contribution in [2.45, 2.75) is 20.0 Å². The van der Waals surface area contributed by atoms with Crippen LogP contribution in [0, 0.1) is 0 Å². The summed E-state index contributed by atoms with van der Waals surface area (Å²) >= 11 is 5.21.